The van der Waals surface area contributed by atoms with Crippen molar-refractivity contribution in [3.05, 3.63) is 23.8 Å². The van der Waals surface area contributed by atoms with Crippen molar-refractivity contribution >= 4 is 15.7 Å². The highest BCUT2D eigenvalue weighted by atomic mass is 32.2. The van der Waals surface area contributed by atoms with Crippen LogP contribution in [0.4, 0.5) is 0 Å². The minimum atomic E-state index is -3.09. The molecule has 0 spiro atoms. The molecule has 8 heteroatoms. The van der Waals surface area contributed by atoms with Gasteiger partial charge in [0.25, 0.3) is 5.91 Å². The van der Waals surface area contributed by atoms with Gasteiger partial charge in [0.15, 0.2) is 27.9 Å². The van der Waals surface area contributed by atoms with E-state index in [4.69, 9.17) is 14.7 Å². The zero-order valence-corrected chi connectivity index (χ0v) is 13.8. The van der Waals surface area contributed by atoms with Crippen molar-refractivity contribution in [2.45, 2.75) is 18.9 Å². The Morgan fingerprint density at radius 1 is 1.43 bits per heavy atom. The lowest BCUT2D eigenvalue weighted by molar-refractivity contribution is -0.124. The number of methoxy groups -OCH3 is 1. The predicted octanol–water partition coefficient (Wildman–Crippen LogP) is 0.639. The first-order chi connectivity index (χ1) is 10.8. The lowest BCUT2D eigenvalue weighted by Gasteiger charge is -2.23. The van der Waals surface area contributed by atoms with Crippen molar-refractivity contribution in [2.24, 2.45) is 0 Å². The monoisotopic (exact) mass is 338 g/mol. The summed E-state index contributed by atoms with van der Waals surface area (Å²) in [5.41, 5.74) is -0.337. The Labute approximate surface area is 135 Å². The normalized spacial score (nSPS) is 22.1. The van der Waals surface area contributed by atoms with Gasteiger partial charge in [-0.05, 0) is 25.5 Å². The van der Waals surface area contributed by atoms with E-state index in [1.807, 2.05) is 6.07 Å². The summed E-state index contributed by atoms with van der Waals surface area (Å²) in [6.45, 7) is 1.44. The molecule has 1 aliphatic heterocycles. The molecule has 1 atom stereocenters. The fraction of sp³-hybridized carbons (Fsp3) is 0.467. The number of carbonyl (C=O) groups excluding carboxylic acids is 1. The van der Waals surface area contributed by atoms with Crippen LogP contribution in [0, 0.1) is 11.3 Å². The highest BCUT2D eigenvalue weighted by molar-refractivity contribution is 7.91. The van der Waals surface area contributed by atoms with Crippen molar-refractivity contribution in [3.8, 4) is 17.6 Å². The van der Waals surface area contributed by atoms with Gasteiger partial charge in [0.1, 0.15) is 0 Å². The van der Waals surface area contributed by atoms with Crippen molar-refractivity contribution in [1.29, 1.82) is 5.26 Å². The number of nitrogens with one attached hydrogen (secondary N) is 1. The molecule has 0 saturated carbocycles. The van der Waals surface area contributed by atoms with Gasteiger partial charge in [-0.2, -0.15) is 5.26 Å². The fourth-order valence-corrected chi connectivity index (χ4v) is 4.57. The molecule has 23 heavy (non-hydrogen) atoms. The zero-order valence-electron chi connectivity index (χ0n) is 13.0. The summed E-state index contributed by atoms with van der Waals surface area (Å²) in [6.07, 6.45) is 0.390. The quantitative estimate of drug-likeness (QED) is 0.844. The Morgan fingerprint density at radius 3 is 2.74 bits per heavy atom. The Kier molecular flexibility index (Phi) is 4.80. The van der Waals surface area contributed by atoms with E-state index < -0.39 is 21.3 Å². The SMILES string of the molecule is COc1cc(C#N)ccc1OCC(=O)N[C@@]1(C)CCS(=O)(=O)C1. The molecule has 0 aromatic heterocycles. The van der Waals surface area contributed by atoms with Gasteiger partial charge in [-0.15, -0.1) is 0 Å². The molecule has 1 aromatic carbocycles. The predicted molar refractivity (Wildman–Crippen MR) is 83.0 cm³/mol. The van der Waals surface area contributed by atoms with Crippen LogP contribution in [0.25, 0.3) is 0 Å². The molecule has 7 nitrogen and oxygen atoms in total. The molecule has 2 rings (SSSR count). The minimum absolute atomic E-state index is 0.0636. The number of nitrogens with zero attached hydrogens (tertiary/aromatic N) is 1. The maximum absolute atomic E-state index is 12.0. The Bertz CT molecular complexity index is 754. The van der Waals surface area contributed by atoms with Crippen molar-refractivity contribution in [2.75, 3.05) is 25.2 Å². The van der Waals surface area contributed by atoms with Crippen LogP contribution in [-0.2, 0) is 14.6 Å². The van der Waals surface area contributed by atoms with Crippen LogP contribution in [0.5, 0.6) is 11.5 Å². The second-order valence-electron chi connectivity index (χ2n) is 5.72. The Balaban J connectivity index is 1.96. The third kappa shape index (κ3) is 4.36. The number of ether oxygens (including phenoxy) is 2. The molecule has 0 unspecified atom stereocenters. The average Bonchev–Trinajstić information content (AvgIpc) is 2.78. The van der Waals surface area contributed by atoms with E-state index in [0.717, 1.165) is 0 Å². The van der Waals surface area contributed by atoms with Crippen molar-refractivity contribution in [1.82, 2.24) is 5.32 Å². The molecule has 1 aliphatic rings. The molecule has 124 valence electrons. The van der Waals surface area contributed by atoms with Gasteiger partial charge in [0.05, 0.1) is 35.8 Å². The van der Waals surface area contributed by atoms with E-state index in [1.165, 1.54) is 13.2 Å². The van der Waals surface area contributed by atoms with Crippen LogP contribution in [0.15, 0.2) is 18.2 Å². The van der Waals surface area contributed by atoms with Gasteiger partial charge in [-0.25, -0.2) is 8.42 Å². The van der Waals surface area contributed by atoms with Crippen LogP contribution in [-0.4, -0.2) is 45.1 Å². The molecule has 0 radical (unpaired) electrons. The molecule has 1 saturated heterocycles. The number of hydrogen-bond donors (Lipinski definition) is 1. The standard InChI is InChI=1S/C15H18N2O5S/c1-15(5-6-23(19,20)10-15)17-14(18)9-22-12-4-3-11(8-16)7-13(12)21-2/h3-4,7H,5-6,9-10H2,1-2H3,(H,17,18)/t15-/m0/s1. The van der Waals surface area contributed by atoms with Gasteiger partial charge >= 0.3 is 0 Å². The molecule has 0 bridgehead atoms. The summed E-state index contributed by atoms with van der Waals surface area (Å²) in [5, 5.41) is 11.5. The van der Waals surface area contributed by atoms with Gasteiger partial charge in [0.2, 0.25) is 0 Å². The van der Waals surface area contributed by atoms with E-state index in [9.17, 15) is 13.2 Å². The first-order valence-corrected chi connectivity index (χ1v) is 8.81. The minimum Gasteiger partial charge on any atom is -0.493 e. The van der Waals surface area contributed by atoms with Crippen LogP contribution >= 0.6 is 0 Å². The van der Waals surface area contributed by atoms with Crippen LogP contribution in [0.2, 0.25) is 0 Å². The average molecular weight is 338 g/mol. The molecule has 1 N–H and O–H groups in total. The fourth-order valence-electron chi connectivity index (χ4n) is 2.48. The van der Waals surface area contributed by atoms with Gasteiger partial charge in [0, 0.05) is 6.07 Å². The number of nitriles is 1. The van der Waals surface area contributed by atoms with Crippen LogP contribution < -0.4 is 14.8 Å². The van der Waals surface area contributed by atoms with Crippen molar-refractivity contribution in [3.63, 3.8) is 0 Å². The highest BCUT2D eigenvalue weighted by Crippen LogP contribution is 2.28. The molecule has 1 fully saturated rings. The summed E-state index contributed by atoms with van der Waals surface area (Å²) in [4.78, 5) is 12.0. The third-order valence-electron chi connectivity index (χ3n) is 3.60. The van der Waals surface area contributed by atoms with Gasteiger partial charge in [-0.3, -0.25) is 4.79 Å². The van der Waals surface area contributed by atoms with E-state index in [-0.39, 0.29) is 18.1 Å². The lowest BCUT2D eigenvalue weighted by atomic mass is 10.0. The second kappa shape index (κ2) is 6.46. The smallest absolute Gasteiger partial charge is 0.258 e. The largest absolute Gasteiger partial charge is 0.493 e. The van der Waals surface area contributed by atoms with E-state index in [1.54, 1.807) is 19.1 Å². The Morgan fingerprint density at radius 2 is 2.17 bits per heavy atom. The molecule has 1 amide bonds. The maximum Gasteiger partial charge on any atom is 0.258 e. The second-order valence-corrected chi connectivity index (χ2v) is 7.90. The first-order valence-electron chi connectivity index (χ1n) is 6.99. The number of sulfone groups is 1. The summed E-state index contributed by atoms with van der Waals surface area (Å²) in [7, 11) is -1.65. The summed E-state index contributed by atoms with van der Waals surface area (Å²) >= 11 is 0. The molecule has 1 aromatic rings. The first kappa shape index (κ1) is 17.1. The summed E-state index contributed by atoms with van der Waals surface area (Å²) in [5.74, 6) is 0.299. The van der Waals surface area contributed by atoms with E-state index in [2.05, 4.69) is 5.32 Å². The number of hydrogen-bond acceptors (Lipinski definition) is 6. The topological polar surface area (TPSA) is 105 Å². The number of rotatable bonds is 5. The molecule has 1 heterocycles. The van der Waals surface area contributed by atoms with Gasteiger partial charge in [-0.1, -0.05) is 0 Å². The van der Waals surface area contributed by atoms with E-state index in [0.29, 0.717) is 23.5 Å². The maximum atomic E-state index is 12.0. The zero-order chi connectivity index (χ0) is 17.1. The van der Waals surface area contributed by atoms with Crippen molar-refractivity contribution < 1.29 is 22.7 Å². The molecule has 0 aliphatic carbocycles. The summed E-state index contributed by atoms with van der Waals surface area (Å²) < 4.78 is 33.6. The highest BCUT2D eigenvalue weighted by Gasteiger charge is 2.39. The lowest BCUT2D eigenvalue weighted by Crippen LogP contribution is -2.48. The molecular weight excluding hydrogens is 320 g/mol. The van der Waals surface area contributed by atoms with Crippen LogP contribution in [0.3, 0.4) is 0 Å². The Hall–Kier alpha value is -2.27. The number of amides is 1. The number of carbonyl (C=O) groups is 1. The summed E-state index contributed by atoms with van der Waals surface area (Å²) in [6, 6.07) is 6.60. The number of benzene rings is 1. The van der Waals surface area contributed by atoms with Crippen LogP contribution in [0.1, 0.15) is 18.9 Å². The van der Waals surface area contributed by atoms with E-state index >= 15 is 0 Å². The molecular formula is C15H18N2O5S. The third-order valence-corrected chi connectivity index (χ3v) is 5.50. The van der Waals surface area contributed by atoms with Gasteiger partial charge < -0.3 is 14.8 Å².